The molecule has 1 fully saturated rings. The highest BCUT2D eigenvalue weighted by molar-refractivity contribution is 5.86. The third-order valence-corrected chi connectivity index (χ3v) is 3.24. The Morgan fingerprint density at radius 3 is 2.65 bits per heavy atom. The summed E-state index contributed by atoms with van der Waals surface area (Å²) in [6, 6.07) is 9.96. The zero-order valence-electron chi connectivity index (χ0n) is 10.2. The van der Waals surface area contributed by atoms with Gasteiger partial charge in [-0.2, -0.15) is 0 Å². The van der Waals surface area contributed by atoms with Crippen molar-refractivity contribution in [1.29, 1.82) is 0 Å². The first-order valence-corrected chi connectivity index (χ1v) is 6.01. The van der Waals surface area contributed by atoms with Gasteiger partial charge in [-0.3, -0.25) is 4.79 Å². The summed E-state index contributed by atoms with van der Waals surface area (Å²) in [5.41, 5.74) is 6.71. The predicted molar refractivity (Wildman–Crippen MR) is 68.9 cm³/mol. The van der Waals surface area contributed by atoms with Crippen molar-refractivity contribution in [2.75, 3.05) is 31.6 Å². The van der Waals surface area contributed by atoms with Crippen LogP contribution in [0.2, 0.25) is 0 Å². The summed E-state index contributed by atoms with van der Waals surface area (Å²) < 4.78 is 0. The normalized spacial score (nSPS) is 20.8. The molecule has 1 aliphatic rings. The van der Waals surface area contributed by atoms with Crippen LogP contribution in [-0.2, 0) is 4.79 Å². The van der Waals surface area contributed by atoms with Crippen LogP contribution in [0, 0.1) is 0 Å². The number of para-hydroxylation sites is 1. The Bertz CT molecular complexity index is 380. The quantitative estimate of drug-likeness (QED) is 0.835. The summed E-state index contributed by atoms with van der Waals surface area (Å²) in [5.74, 6) is 0.172. The molecule has 1 aromatic carbocycles. The standard InChI is InChI=1S/C13H19N3O/c1-15-9-10-16(11-5-3-2-4-6-11)12(7-8-14)13(15)17/h2-6,12H,7-10,14H2,1H3. The summed E-state index contributed by atoms with van der Waals surface area (Å²) in [6.07, 6.45) is 0.706. The Labute approximate surface area is 102 Å². The molecular weight excluding hydrogens is 214 g/mol. The van der Waals surface area contributed by atoms with Gasteiger partial charge in [0.25, 0.3) is 0 Å². The zero-order chi connectivity index (χ0) is 12.3. The molecule has 0 radical (unpaired) electrons. The molecule has 1 heterocycles. The molecule has 2 N–H and O–H groups in total. The van der Waals surface area contributed by atoms with Crippen LogP contribution >= 0.6 is 0 Å². The molecule has 2 rings (SSSR count). The second-order valence-electron chi connectivity index (χ2n) is 4.38. The lowest BCUT2D eigenvalue weighted by molar-refractivity contribution is -0.133. The molecule has 4 nitrogen and oxygen atoms in total. The fourth-order valence-electron chi connectivity index (χ4n) is 2.28. The summed E-state index contributed by atoms with van der Waals surface area (Å²) >= 11 is 0. The molecule has 4 heteroatoms. The number of nitrogens with zero attached hydrogens (tertiary/aromatic N) is 2. The van der Waals surface area contributed by atoms with Crippen molar-refractivity contribution >= 4 is 11.6 Å². The van der Waals surface area contributed by atoms with Crippen molar-refractivity contribution in [1.82, 2.24) is 4.90 Å². The second-order valence-corrected chi connectivity index (χ2v) is 4.38. The number of benzene rings is 1. The summed E-state index contributed by atoms with van der Waals surface area (Å²) in [6.45, 7) is 2.18. The van der Waals surface area contributed by atoms with Gasteiger partial charge in [-0.05, 0) is 25.1 Å². The van der Waals surface area contributed by atoms with Crippen LogP contribution in [0.5, 0.6) is 0 Å². The van der Waals surface area contributed by atoms with E-state index in [1.807, 2.05) is 37.4 Å². The van der Waals surface area contributed by atoms with Crippen LogP contribution in [0.15, 0.2) is 30.3 Å². The van der Waals surface area contributed by atoms with Gasteiger partial charge in [-0.15, -0.1) is 0 Å². The van der Waals surface area contributed by atoms with E-state index >= 15 is 0 Å². The molecule has 0 saturated carbocycles. The van der Waals surface area contributed by atoms with Gasteiger partial charge in [0.15, 0.2) is 0 Å². The van der Waals surface area contributed by atoms with Gasteiger partial charge < -0.3 is 15.5 Å². The molecule has 17 heavy (non-hydrogen) atoms. The maximum Gasteiger partial charge on any atom is 0.245 e. The van der Waals surface area contributed by atoms with E-state index in [-0.39, 0.29) is 11.9 Å². The van der Waals surface area contributed by atoms with E-state index in [2.05, 4.69) is 4.90 Å². The van der Waals surface area contributed by atoms with Crippen LogP contribution in [0.25, 0.3) is 0 Å². The van der Waals surface area contributed by atoms with E-state index in [0.29, 0.717) is 13.0 Å². The minimum atomic E-state index is -0.110. The van der Waals surface area contributed by atoms with Gasteiger partial charge in [-0.25, -0.2) is 0 Å². The molecule has 0 bridgehead atoms. The lowest BCUT2D eigenvalue weighted by Gasteiger charge is -2.40. The summed E-state index contributed by atoms with van der Waals surface area (Å²) in [7, 11) is 1.86. The topological polar surface area (TPSA) is 49.6 Å². The van der Waals surface area contributed by atoms with Gasteiger partial charge in [0.05, 0.1) is 0 Å². The molecular formula is C13H19N3O. The summed E-state index contributed by atoms with van der Waals surface area (Å²) in [4.78, 5) is 16.1. The van der Waals surface area contributed by atoms with Crippen LogP contribution in [0.4, 0.5) is 5.69 Å². The van der Waals surface area contributed by atoms with Gasteiger partial charge in [0.2, 0.25) is 5.91 Å². The highest BCUT2D eigenvalue weighted by Crippen LogP contribution is 2.21. The summed E-state index contributed by atoms with van der Waals surface area (Å²) in [5, 5.41) is 0. The van der Waals surface area contributed by atoms with Gasteiger partial charge in [0.1, 0.15) is 6.04 Å². The lowest BCUT2D eigenvalue weighted by Crippen LogP contribution is -2.56. The largest absolute Gasteiger partial charge is 0.358 e. The number of hydrogen-bond donors (Lipinski definition) is 1. The Morgan fingerprint density at radius 2 is 2.00 bits per heavy atom. The van der Waals surface area contributed by atoms with Gasteiger partial charge >= 0.3 is 0 Å². The SMILES string of the molecule is CN1CCN(c2ccccc2)C(CCN)C1=O. The molecule has 92 valence electrons. The van der Waals surface area contributed by atoms with E-state index in [0.717, 1.165) is 18.8 Å². The first-order chi connectivity index (χ1) is 8.24. The highest BCUT2D eigenvalue weighted by atomic mass is 16.2. The number of amides is 1. The van der Waals surface area contributed by atoms with Crippen LogP contribution in [0.3, 0.4) is 0 Å². The number of carbonyl (C=O) groups excluding carboxylic acids is 1. The Kier molecular flexibility index (Phi) is 3.64. The number of piperazine rings is 1. The second kappa shape index (κ2) is 5.19. The highest BCUT2D eigenvalue weighted by Gasteiger charge is 2.32. The maximum atomic E-state index is 12.1. The van der Waals surface area contributed by atoms with Crippen molar-refractivity contribution in [3.8, 4) is 0 Å². The average Bonchev–Trinajstić information content (AvgIpc) is 2.36. The Morgan fingerprint density at radius 1 is 1.29 bits per heavy atom. The van der Waals surface area contributed by atoms with Crippen LogP contribution < -0.4 is 10.6 Å². The number of anilines is 1. The van der Waals surface area contributed by atoms with Crippen LogP contribution in [-0.4, -0.2) is 43.5 Å². The number of rotatable bonds is 3. The number of nitrogens with two attached hydrogens (primary N) is 1. The first kappa shape index (κ1) is 11.9. The molecule has 0 spiro atoms. The van der Waals surface area contributed by atoms with E-state index in [1.54, 1.807) is 4.90 Å². The maximum absolute atomic E-state index is 12.1. The first-order valence-electron chi connectivity index (χ1n) is 6.01. The molecule has 1 saturated heterocycles. The predicted octanol–water partition coefficient (Wildman–Crippen LogP) is 0.682. The smallest absolute Gasteiger partial charge is 0.245 e. The van der Waals surface area contributed by atoms with Crippen molar-refractivity contribution in [3.63, 3.8) is 0 Å². The van der Waals surface area contributed by atoms with E-state index < -0.39 is 0 Å². The zero-order valence-corrected chi connectivity index (χ0v) is 10.2. The van der Waals surface area contributed by atoms with Gasteiger partial charge in [0, 0.05) is 25.8 Å². The third-order valence-electron chi connectivity index (χ3n) is 3.24. The average molecular weight is 233 g/mol. The number of carbonyl (C=O) groups is 1. The Balaban J connectivity index is 2.23. The third kappa shape index (κ3) is 2.42. The van der Waals surface area contributed by atoms with Crippen molar-refractivity contribution in [2.24, 2.45) is 5.73 Å². The fourth-order valence-corrected chi connectivity index (χ4v) is 2.28. The lowest BCUT2D eigenvalue weighted by atomic mass is 10.1. The minimum Gasteiger partial charge on any atom is -0.358 e. The number of hydrogen-bond acceptors (Lipinski definition) is 3. The number of likely N-dealkylation sites (N-methyl/N-ethyl adjacent to an activating group) is 1. The van der Waals surface area contributed by atoms with Crippen molar-refractivity contribution in [2.45, 2.75) is 12.5 Å². The molecule has 1 amide bonds. The molecule has 1 unspecified atom stereocenters. The molecule has 0 aromatic heterocycles. The molecule has 0 aliphatic carbocycles. The fraction of sp³-hybridized carbons (Fsp3) is 0.462. The molecule has 1 atom stereocenters. The van der Waals surface area contributed by atoms with E-state index in [9.17, 15) is 4.79 Å². The molecule has 1 aromatic rings. The molecule has 1 aliphatic heterocycles. The van der Waals surface area contributed by atoms with Crippen molar-refractivity contribution < 1.29 is 4.79 Å². The van der Waals surface area contributed by atoms with E-state index in [1.165, 1.54) is 0 Å². The Hall–Kier alpha value is -1.55. The van der Waals surface area contributed by atoms with Gasteiger partial charge in [-0.1, -0.05) is 18.2 Å². The minimum absolute atomic E-state index is 0.110. The van der Waals surface area contributed by atoms with E-state index in [4.69, 9.17) is 5.73 Å². The monoisotopic (exact) mass is 233 g/mol. The van der Waals surface area contributed by atoms with Crippen molar-refractivity contribution in [3.05, 3.63) is 30.3 Å². The van der Waals surface area contributed by atoms with Crippen LogP contribution in [0.1, 0.15) is 6.42 Å².